The molecule has 0 atom stereocenters. The van der Waals surface area contributed by atoms with Crippen LogP contribution in [-0.4, -0.2) is 55.3 Å². The summed E-state index contributed by atoms with van der Waals surface area (Å²) in [6, 6.07) is 17.1. The van der Waals surface area contributed by atoms with Crippen LogP contribution in [0.2, 0.25) is 0 Å². The minimum absolute atomic E-state index is 0.200. The van der Waals surface area contributed by atoms with E-state index >= 15 is 0 Å². The molecule has 25 heavy (non-hydrogen) atoms. The molecule has 2 rings (SSSR count). The lowest BCUT2D eigenvalue weighted by molar-refractivity contribution is -0.145. The predicted octanol–water partition coefficient (Wildman–Crippen LogP) is 2.29. The Kier molecular flexibility index (Phi) is 6.98. The Hall–Kier alpha value is -2.86. The van der Waals surface area contributed by atoms with Crippen LogP contribution in [0, 0.1) is 0 Å². The molecule has 0 spiro atoms. The average molecular weight is 343 g/mol. The van der Waals surface area contributed by atoms with Crippen LogP contribution in [0.15, 0.2) is 54.6 Å². The summed E-state index contributed by atoms with van der Waals surface area (Å²) in [5, 5.41) is 8.93. The van der Waals surface area contributed by atoms with Crippen molar-refractivity contribution in [3.8, 4) is 16.9 Å². The van der Waals surface area contributed by atoms with Crippen LogP contribution in [0.4, 0.5) is 0 Å². The van der Waals surface area contributed by atoms with Gasteiger partial charge < -0.3 is 19.5 Å². The van der Waals surface area contributed by atoms with Gasteiger partial charge in [-0.1, -0.05) is 48.5 Å². The third-order valence-electron chi connectivity index (χ3n) is 3.57. The SMILES string of the molecule is COCCN(CC(=O)O)C(=O)COc1ccccc1-c1ccccc1. The van der Waals surface area contributed by atoms with E-state index in [9.17, 15) is 9.59 Å². The summed E-state index contributed by atoms with van der Waals surface area (Å²) in [4.78, 5) is 24.4. The second-order valence-corrected chi connectivity index (χ2v) is 5.35. The molecule has 2 aromatic rings. The third kappa shape index (κ3) is 5.61. The van der Waals surface area contributed by atoms with Gasteiger partial charge in [-0.15, -0.1) is 0 Å². The van der Waals surface area contributed by atoms with Crippen molar-refractivity contribution in [3.05, 3.63) is 54.6 Å². The average Bonchev–Trinajstić information content (AvgIpc) is 2.64. The number of carbonyl (C=O) groups is 2. The number of rotatable bonds is 9. The molecular weight excluding hydrogens is 322 g/mol. The molecule has 0 unspecified atom stereocenters. The van der Waals surface area contributed by atoms with E-state index in [0.717, 1.165) is 11.1 Å². The predicted molar refractivity (Wildman–Crippen MR) is 93.5 cm³/mol. The maximum Gasteiger partial charge on any atom is 0.323 e. The Morgan fingerprint density at radius 1 is 1.04 bits per heavy atom. The maximum absolute atomic E-state index is 12.3. The molecule has 132 valence electrons. The lowest BCUT2D eigenvalue weighted by atomic mass is 10.1. The van der Waals surface area contributed by atoms with Crippen LogP contribution in [0.5, 0.6) is 5.75 Å². The Labute approximate surface area is 146 Å². The summed E-state index contributed by atoms with van der Waals surface area (Å²) < 4.78 is 10.6. The molecule has 1 amide bonds. The number of aliphatic carboxylic acids is 1. The van der Waals surface area contributed by atoms with Crippen LogP contribution >= 0.6 is 0 Å². The number of carboxylic acids is 1. The molecule has 0 saturated carbocycles. The minimum Gasteiger partial charge on any atom is -0.483 e. The molecule has 0 aliphatic heterocycles. The molecule has 1 N–H and O–H groups in total. The molecule has 0 aliphatic carbocycles. The normalized spacial score (nSPS) is 10.3. The Bertz CT molecular complexity index is 702. The van der Waals surface area contributed by atoms with Gasteiger partial charge in [0, 0.05) is 19.2 Å². The highest BCUT2D eigenvalue weighted by atomic mass is 16.5. The van der Waals surface area contributed by atoms with Crippen LogP contribution in [0.1, 0.15) is 0 Å². The summed E-state index contributed by atoms with van der Waals surface area (Å²) >= 11 is 0. The van der Waals surface area contributed by atoms with Crippen molar-refractivity contribution in [2.75, 3.05) is 33.4 Å². The fourth-order valence-corrected chi connectivity index (χ4v) is 2.34. The molecule has 0 heterocycles. The molecule has 6 heteroatoms. The molecule has 0 bridgehead atoms. The topological polar surface area (TPSA) is 76.1 Å². The van der Waals surface area contributed by atoms with E-state index in [2.05, 4.69) is 0 Å². The number of hydrogen-bond acceptors (Lipinski definition) is 4. The molecule has 0 fully saturated rings. The quantitative estimate of drug-likeness (QED) is 0.756. The third-order valence-corrected chi connectivity index (χ3v) is 3.57. The van der Waals surface area contributed by atoms with Crippen molar-refractivity contribution >= 4 is 11.9 Å². The molecule has 6 nitrogen and oxygen atoms in total. The first-order valence-electron chi connectivity index (χ1n) is 7.87. The molecule has 0 radical (unpaired) electrons. The smallest absolute Gasteiger partial charge is 0.323 e. The van der Waals surface area contributed by atoms with Crippen molar-refractivity contribution < 1.29 is 24.2 Å². The first-order valence-corrected chi connectivity index (χ1v) is 7.87. The number of ether oxygens (including phenoxy) is 2. The van der Waals surface area contributed by atoms with Crippen molar-refractivity contribution in [2.45, 2.75) is 0 Å². The fraction of sp³-hybridized carbons (Fsp3) is 0.263. The van der Waals surface area contributed by atoms with E-state index in [-0.39, 0.29) is 26.3 Å². The maximum atomic E-state index is 12.3. The number of para-hydroxylation sites is 1. The molecule has 0 aliphatic rings. The monoisotopic (exact) mass is 343 g/mol. The lowest BCUT2D eigenvalue weighted by Crippen LogP contribution is -2.40. The second-order valence-electron chi connectivity index (χ2n) is 5.35. The van der Waals surface area contributed by atoms with Gasteiger partial charge in [-0.25, -0.2) is 0 Å². The van der Waals surface area contributed by atoms with E-state index in [1.165, 1.54) is 12.0 Å². The van der Waals surface area contributed by atoms with Crippen molar-refractivity contribution in [2.24, 2.45) is 0 Å². The van der Waals surface area contributed by atoms with Gasteiger partial charge in [-0.05, 0) is 11.6 Å². The van der Waals surface area contributed by atoms with Crippen LogP contribution in [-0.2, 0) is 14.3 Å². The van der Waals surface area contributed by atoms with E-state index in [4.69, 9.17) is 14.6 Å². The summed E-state index contributed by atoms with van der Waals surface area (Å²) in [6.07, 6.45) is 0. The van der Waals surface area contributed by atoms with Crippen molar-refractivity contribution in [3.63, 3.8) is 0 Å². The number of hydrogen-bond donors (Lipinski definition) is 1. The fourth-order valence-electron chi connectivity index (χ4n) is 2.34. The highest BCUT2D eigenvalue weighted by Crippen LogP contribution is 2.29. The second kappa shape index (κ2) is 9.44. The van der Waals surface area contributed by atoms with Gasteiger partial charge in [-0.3, -0.25) is 9.59 Å². The Balaban J connectivity index is 2.07. The summed E-state index contributed by atoms with van der Waals surface area (Å²) in [5.74, 6) is -0.902. The zero-order chi connectivity index (χ0) is 18.1. The van der Waals surface area contributed by atoms with Crippen LogP contribution in [0.3, 0.4) is 0 Å². The van der Waals surface area contributed by atoms with Gasteiger partial charge in [-0.2, -0.15) is 0 Å². The summed E-state index contributed by atoms with van der Waals surface area (Å²) in [7, 11) is 1.50. The molecule has 2 aromatic carbocycles. The zero-order valence-electron chi connectivity index (χ0n) is 14.1. The van der Waals surface area contributed by atoms with Gasteiger partial charge in [0.15, 0.2) is 6.61 Å². The van der Waals surface area contributed by atoms with Gasteiger partial charge >= 0.3 is 5.97 Å². The van der Waals surface area contributed by atoms with Crippen LogP contribution in [0.25, 0.3) is 11.1 Å². The first-order chi connectivity index (χ1) is 12.1. The zero-order valence-corrected chi connectivity index (χ0v) is 14.1. The Morgan fingerprint density at radius 3 is 2.40 bits per heavy atom. The number of nitrogens with zero attached hydrogens (tertiary/aromatic N) is 1. The molecular formula is C19H21NO5. The minimum atomic E-state index is -1.07. The highest BCUT2D eigenvalue weighted by molar-refractivity contribution is 5.82. The van der Waals surface area contributed by atoms with E-state index in [1.54, 1.807) is 6.07 Å². The Morgan fingerprint density at radius 2 is 1.72 bits per heavy atom. The lowest BCUT2D eigenvalue weighted by Gasteiger charge is -2.21. The van der Waals surface area contributed by atoms with Crippen molar-refractivity contribution in [1.82, 2.24) is 4.90 Å². The van der Waals surface area contributed by atoms with Crippen LogP contribution < -0.4 is 4.74 Å². The number of carboxylic acid groups (broad SMARTS) is 1. The summed E-state index contributed by atoms with van der Waals surface area (Å²) in [5.41, 5.74) is 1.85. The number of methoxy groups -OCH3 is 1. The largest absolute Gasteiger partial charge is 0.483 e. The van der Waals surface area contributed by atoms with Gasteiger partial charge in [0.1, 0.15) is 12.3 Å². The molecule has 0 aromatic heterocycles. The number of amides is 1. The van der Waals surface area contributed by atoms with E-state index < -0.39 is 11.9 Å². The van der Waals surface area contributed by atoms with Gasteiger partial charge in [0.25, 0.3) is 5.91 Å². The highest BCUT2D eigenvalue weighted by Gasteiger charge is 2.17. The standard InChI is InChI=1S/C19H21NO5/c1-24-12-11-20(13-19(22)23)18(21)14-25-17-10-6-5-9-16(17)15-7-3-2-4-8-15/h2-10H,11-14H2,1H3,(H,22,23). The van der Waals surface area contributed by atoms with E-state index in [0.29, 0.717) is 5.75 Å². The number of benzene rings is 2. The summed E-state index contributed by atoms with van der Waals surface area (Å²) in [6.45, 7) is -0.155. The first kappa shape index (κ1) is 18.5. The van der Waals surface area contributed by atoms with Gasteiger partial charge in [0.2, 0.25) is 0 Å². The van der Waals surface area contributed by atoms with Gasteiger partial charge in [0.05, 0.1) is 6.61 Å². The van der Waals surface area contributed by atoms with Crippen molar-refractivity contribution in [1.29, 1.82) is 0 Å². The number of carbonyl (C=O) groups excluding carboxylic acids is 1. The van der Waals surface area contributed by atoms with E-state index in [1.807, 2.05) is 48.5 Å². The molecule has 0 saturated heterocycles.